The summed E-state index contributed by atoms with van der Waals surface area (Å²) in [5.74, 6) is -0.504. The van der Waals surface area contributed by atoms with Gasteiger partial charge in [-0.2, -0.15) is 0 Å². The van der Waals surface area contributed by atoms with Gasteiger partial charge in [0.15, 0.2) is 0 Å². The quantitative estimate of drug-likeness (QED) is 0.840. The molecule has 1 atom stereocenters. The van der Waals surface area contributed by atoms with E-state index in [0.717, 1.165) is 4.90 Å². The minimum atomic E-state index is -0.972. The standard InChI is InChI=1S/C10H8Cl2N2O3/c1-17-8-9(15)14(10(16)13-8)7-3-5(11)2-6(12)4-7/h2-4,8H,1H3,(H,13,16). The fourth-order valence-corrected chi connectivity index (χ4v) is 2.04. The van der Waals surface area contributed by atoms with Crippen LogP contribution in [0.25, 0.3) is 0 Å². The van der Waals surface area contributed by atoms with E-state index >= 15 is 0 Å². The van der Waals surface area contributed by atoms with Crippen LogP contribution in [0, 0.1) is 0 Å². The van der Waals surface area contributed by atoms with Gasteiger partial charge in [0.05, 0.1) is 5.69 Å². The molecule has 1 aliphatic rings. The number of urea groups is 1. The van der Waals surface area contributed by atoms with Crippen molar-refractivity contribution in [2.45, 2.75) is 6.23 Å². The number of imide groups is 1. The maximum Gasteiger partial charge on any atom is 0.331 e. The second-order valence-electron chi connectivity index (χ2n) is 3.37. The zero-order valence-corrected chi connectivity index (χ0v) is 10.2. The molecule has 1 heterocycles. The third-order valence-corrected chi connectivity index (χ3v) is 2.68. The lowest BCUT2D eigenvalue weighted by Gasteiger charge is -2.13. The van der Waals surface area contributed by atoms with Gasteiger partial charge in [0.1, 0.15) is 0 Å². The maximum atomic E-state index is 11.8. The summed E-state index contributed by atoms with van der Waals surface area (Å²) in [6, 6.07) is 3.89. The highest BCUT2D eigenvalue weighted by molar-refractivity contribution is 6.35. The number of rotatable bonds is 2. The Morgan fingerprint density at radius 2 is 1.82 bits per heavy atom. The minimum absolute atomic E-state index is 0.310. The summed E-state index contributed by atoms with van der Waals surface area (Å²) in [6.45, 7) is 0. The zero-order chi connectivity index (χ0) is 12.6. The molecule has 0 aliphatic carbocycles. The number of ether oxygens (including phenoxy) is 1. The Bertz CT molecular complexity index is 472. The molecule has 1 aromatic rings. The lowest BCUT2D eigenvalue weighted by Crippen LogP contribution is -2.32. The van der Waals surface area contributed by atoms with Crippen molar-refractivity contribution in [1.82, 2.24) is 5.32 Å². The van der Waals surface area contributed by atoms with Crippen molar-refractivity contribution in [2.75, 3.05) is 12.0 Å². The normalized spacial score (nSPS) is 19.7. The summed E-state index contributed by atoms with van der Waals surface area (Å²) in [5.41, 5.74) is 0.310. The molecule has 1 fully saturated rings. The minimum Gasteiger partial charge on any atom is -0.353 e. The van der Waals surface area contributed by atoms with E-state index in [4.69, 9.17) is 27.9 Å². The van der Waals surface area contributed by atoms with Crippen molar-refractivity contribution in [3.05, 3.63) is 28.2 Å². The number of nitrogens with zero attached hydrogens (tertiary/aromatic N) is 1. The van der Waals surface area contributed by atoms with E-state index < -0.39 is 18.2 Å². The predicted molar refractivity (Wildman–Crippen MR) is 63.3 cm³/mol. The van der Waals surface area contributed by atoms with Crippen LogP contribution >= 0.6 is 23.2 Å². The number of amides is 3. The number of methoxy groups -OCH3 is 1. The van der Waals surface area contributed by atoms with Crippen molar-refractivity contribution < 1.29 is 14.3 Å². The highest BCUT2D eigenvalue weighted by Gasteiger charge is 2.39. The first kappa shape index (κ1) is 12.2. The summed E-state index contributed by atoms with van der Waals surface area (Å²) in [4.78, 5) is 24.3. The summed E-state index contributed by atoms with van der Waals surface area (Å²) < 4.78 is 4.82. The summed E-state index contributed by atoms with van der Waals surface area (Å²) >= 11 is 11.6. The number of anilines is 1. The SMILES string of the molecule is COC1NC(=O)N(c2cc(Cl)cc(Cl)c2)C1=O. The first-order valence-corrected chi connectivity index (χ1v) is 5.42. The third kappa shape index (κ3) is 2.22. The van der Waals surface area contributed by atoms with Crippen LogP contribution in [0.3, 0.4) is 0 Å². The summed E-state index contributed by atoms with van der Waals surface area (Å²) in [6.07, 6.45) is -0.972. The molecule has 3 amide bonds. The van der Waals surface area contributed by atoms with Gasteiger partial charge in [-0.1, -0.05) is 23.2 Å². The van der Waals surface area contributed by atoms with Crippen LogP contribution in [0.15, 0.2) is 18.2 Å². The molecule has 0 saturated carbocycles. The molecule has 2 rings (SSSR count). The summed E-state index contributed by atoms with van der Waals surface area (Å²) in [5, 5.41) is 3.05. The Kier molecular flexibility index (Phi) is 3.24. The highest BCUT2D eigenvalue weighted by Crippen LogP contribution is 2.27. The van der Waals surface area contributed by atoms with Crippen molar-refractivity contribution in [2.24, 2.45) is 0 Å². The fourth-order valence-electron chi connectivity index (χ4n) is 1.53. The Labute approximate surface area is 107 Å². The average molecular weight is 275 g/mol. The van der Waals surface area contributed by atoms with Gasteiger partial charge >= 0.3 is 6.03 Å². The number of carbonyl (C=O) groups is 2. The molecule has 1 aromatic carbocycles. The first-order chi connectivity index (χ1) is 8.02. The van der Waals surface area contributed by atoms with E-state index in [2.05, 4.69) is 5.32 Å². The predicted octanol–water partition coefficient (Wildman–Crippen LogP) is 2.02. The molecule has 0 bridgehead atoms. The van der Waals surface area contributed by atoms with Gasteiger partial charge in [0, 0.05) is 17.2 Å². The van der Waals surface area contributed by atoms with Crippen LogP contribution in [0.1, 0.15) is 0 Å². The summed E-state index contributed by atoms with van der Waals surface area (Å²) in [7, 11) is 1.33. The second-order valence-corrected chi connectivity index (χ2v) is 4.24. The second kappa shape index (κ2) is 4.52. The van der Waals surface area contributed by atoms with E-state index in [9.17, 15) is 9.59 Å². The lowest BCUT2D eigenvalue weighted by atomic mass is 10.3. The molecular formula is C10H8Cl2N2O3. The van der Waals surface area contributed by atoms with Crippen molar-refractivity contribution in [1.29, 1.82) is 0 Å². The largest absolute Gasteiger partial charge is 0.353 e. The lowest BCUT2D eigenvalue weighted by molar-refractivity contribution is -0.126. The van der Waals surface area contributed by atoms with E-state index in [0.29, 0.717) is 15.7 Å². The molecule has 1 unspecified atom stereocenters. The number of benzene rings is 1. The number of hydrogen-bond acceptors (Lipinski definition) is 3. The number of halogens is 2. The van der Waals surface area contributed by atoms with Crippen LogP contribution in [0.2, 0.25) is 10.0 Å². The van der Waals surface area contributed by atoms with Crippen LogP contribution in [-0.4, -0.2) is 25.3 Å². The molecule has 1 N–H and O–H groups in total. The molecule has 0 spiro atoms. The maximum absolute atomic E-state index is 11.8. The van der Waals surface area contributed by atoms with Crippen molar-refractivity contribution in [3.8, 4) is 0 Å². The van der Waals surface area contributed by atoms with Crippen molar-refractivity contribution in [3.63, 3.8) is 0 Å². The van der Waals surface area contributed by atoms with Gasteiger partial charge in [-0.25, -0.2) is 9.69 Å². The van der Waals surface area contributed by atoms with Gasteiger partial charge in [0.25, 0.3) is 5.91 Å². The molecule has 5 nitrogen and oxygen atoms in total. The fraction of sp³-hybridized carbons (Fsp3) is 0.200. The number of carbonyl (C=O) groups excluding carboxylic acids is 2. The van der Waals surface area contributed by atoms with Crippen LogP contribution in [-0.2, 0) is 9.53 Å². The van der Waals surface area contributed by atoms with Crippen LogP contribution in [0.5, 0.6) is 0 Å². The zero-order valence-electron chi connectivity index (χ0n) is 8.74. The number of nitrogens with one attached hydrogen (secondary N) is 1. The van der Waals surface area contributed by atoms with E-state index in [1.165, 1.54) is 25.3 Å². The molecule has 7 heteroatoms. The monoisotopic (exact) mass is 274 g/mol. The topological polar surface area (TPSA) is 58.6 Å². The Morgan fingerprint density at radius 3 is 2.29 bits per heavy atom. The smallest absolute Gasteiger partial charge is 0.331 e. The van der Waals surface area contributed by atoms with E-state index in [1.807, 2.05) is 0 Å². The van der Waals surface area contributed by atoms with Crippen LogP contribution < -0.4 is 10.2 Å². The molecular weight excluding hydrogens is 267 g/mol. The Balaban J connectivity index is 2.39. The van der Waals surface area contributed by atoms with Crippen molar-refractivity contribution >= 4 is 40.8 Å². The Morgan fingerprint density at radius 1 is 1.24 bits per heavy atom. The molecule has 90 valence electrons. The Hall–Kier alpha value is -1.30. The van der Waals surface area contributed by atoms with Gasteiger partial charge in [-0.15, -0.1) is 0 Å². The average Bonchev–Trinajstić information content (AvgIpc) is 2.52. The molecule has 0 aromatic heterocycles. The third-order valence-electron chi connectivity index (χ3n) is 2.24. The molecule has 1 saturated heterocycles. The highest BCUT2D eigenvalue weighted by atomic mass is 35.5. The van der Waals surface area contributed by atoms with Crippen LogP contribution in [0.4, 0.5) is 10.5 Å². The van der Waals surface area contributed by atoms with Gasteiger partial charge in [-0.3, -0.25) is 4.79 Å². The first-order valence-electron chi connectivity index (χ1n) is 4.66. The molecule has 0 radical (unpaired) electrons. The number of hydrogen-bond donors (Lipinski definition) is 1. The molecule has 17 heavy (non-hydrogen) atoms. The van der Waals surface area contributed by atoms with Gasteiger partial charge < -0.3 is 10.1 Å². The molecule has 1 aliphatic heterocycles. The van der Waals surface area contributed by atoms with Gasteiger partial charge in [-0.05, 0) is 18.2 Å². The van der Waals surface area contributed by atoms with E-state index in [1.54, 1.807) is 0 Å². The van der Waals surface area contributed by atoms with Gasteiger partial charge in [0.2, 0.25) is 6.23 Å². The van der Waals surface area contributed by atoms with E-state index in [-0.39, 0.29) is 0 Å².